The number of hydrogen-bond donors (Lipinski definition) is 0. The van der Waals surface area contributed by atoms with Crippen LogP contribution >= 0.6 is 39.1 Å². The van der Waals surface area contributed by atoms with Gasteiger partial charge in [-0.05, 0) is 17.7 Å². The van der Waals surface area contributed by atoms with Gasteiger partial charge in [-0.1, -0.05) is 45.2 Å². The summed E-state index contributed by atoms with van der Waals surface area (Å²) in [5.74, 6) is 0.536. The molecule has 0 amide bonds. The number of rotatable bonds is 4. The van der Waals surface area contributed by atoms with E-state index >= 15 is 0 Å². The lowest BCUT2D eigenvalue weighted by Crippen LogP contribution is -1.99. The molecule has 2 aromatic rings. The fourth-order valence-corrected chi connectivity index (χ4v) is 3.30. The van der Waals surface area contributed by atoms with Gasteiger partial charge in [0.15, 0.2) is 0 Å². The van der Waals surface area contributed by atoms with Crippen LogP contribution in [-0.4, -0.2) is 14.2 Å². The number of ether oxygens (including phenoxy) is 2. The first kappa shape index (κ1) is 16.4. The predicted molar refractivity (Wildman–Crippen MR) is 86.7 cm³/mol. The van der Waals surface area contributed by atoms with Gasteiger partial charge in [-0.2, -0.15) is 0 Å². The van der Waals surface area contributed by atoms with E-state index in [1.54, 1.807) is 24.3 Å². The molecule has 2 nitrogen and oxygen atoms in total. The molecule has 2 rings (SSSR count). The Balaban J connectivity index is 2.45. The number of alkyl halides is 1. The highest BCUT2D eigenvalue weighted by atomic mass is 79.9. The number of halogens is 4. The molecule has 0 saturated heterocycles. The van der Waals surface area contributed by atoms with Gasteiger partial charge in [0.25, 0.3) is 0 Å². The van der Waals surface area contributed by atoms with E-state index in [1.807, 2.05) is 0 Å². The van der Waals surface area contributed by atoms with Gasteiger partial charge in [-0.3, -0.25) is 0 Å². The fourth-order valence-electron chi connectivity index (χ4n) is 1.90. The molecule has 0 radical (unpaired) electrons. The molecule has 0 N–H and O–H groups in total. The molecule has 0 aliphatic heterocycles. The molecular weight excluding hydrogens is 382 g/mol. The van der Waals surface area contributed by atoms with Crippen LogP contribution in [0.25, 0.3) is 0 Å². The van der Waals surface area contributed by atoms with Crippen molar-refractivity contribution in [1.29, 1.82) is 0 Å². The van der Waals surface area contributed by atoms with Crippen molar-refractivity contribution in [3.63, 3.8) is 0 Å². The average molecular weight is 394 g/mol. The monoisotopic (exact) mass is 392 g/mol. The topological polar surface area (TPSA) is 18.5 Å². The first-order valence-electron chi connectivity index (χ1n) is 5.98. The number of benzene rings is 2. The molecule has 0 saturated carbocycles. The van der Waals surface area contributed by atoms with Crippen LogP contribution in [-0.2, 0) is 0 Å². The molecule has 0 fully saturated rings. The van der Waals surface area contributed by atoms with Gasteiger partial charge in [0, 0.05) is 22.7 Å². The maximum atomic E-state index is 14.1. The van der Waals surface area contributed by atoms with Crippen molar-refractivity contribution in [1.82, 2.24) is 0 Å². The fraction of sp³-hybridized carbons (Fsp3) is 0.200. The highest BCUT2D eigenvalue weighted by molar-refractivity contribution is 9.09. The van der Waals surface area contributed by atoms with E-state index in [9.17, 15) is 4.39 Å². The van der Waals surface area contributed by atoms with Crippen LogP contribution in [0.3, 0.4) is 0 Å². The second-order valence-corrected chi connectivity index (χ2v) is 5.99. The third kappa shape index (κ3) is 3.44. The SMILES string of the molecule is COc1ccc(C(Br)c2cc(Cl)c(OC)cc2Cl)c(F)c1. The largest absolute Gasteiger partial charge is 0.497 e. The Morgan fingerprint density at radius 3 is 2.29 bits per heavy atom. The second kappa shape index (κ2) is 6.86. The Kier molecular flexibility index (Phi) is 5.36. The quantitative estimate of drug-likeness (QED) is 0.626. The summed E-state index contributed by atoms with van der Waals surface area (Å²) in [7, 11) is 2.99. The van der Waals surface area contributed by atoms with E-state index in [2.05, 4.69) is 15.9 Å². The number of methoxy groups -OCH3 is 2. The van der Waals surface area contributed by atoms with Crippen molar-refractivity contribution in [2.45, 2.75) is 4.83 Å². The van der Waals surface area contributed by atoms with Gasteiger partial charge >= 0.3 is 0 Å². The van der Waals surface area contributed by atoms with Crippen molar-refractivity contribution in [3.8, 4) is 11.5 Å². The highest BCUT2D eigenvalue weighted by Gasteiger charge is 2.20. The standard InChI is InChI=1S/C15H12BrCl2FO2/c1-20-8-3-4-9(13(19)5-8)15(16)10-6-12(18)14(21-2)7-11(10)17/h3-7,15H,1-2H3. The second-order valence-electron chi connectivity index (χ2n) is 4.26. The zero-order valence-corrected chi connectivity index (χ0v) is 14.4. The average Bonchev–Trinajstić information content (AvgIpc) is 2.48. The third-order valence-corrected chi connectivity index (χ3v) is 4.63. The van der Waals surface area contributed by atoms with Gasteiger partial charge in [0.2, 0.25) is 0 Å². The van der Waals surface area contributed by atoms with E-state index in [0.717, 1.165) is 0 Å². The van der Waals surface area contributed by atoms with Crippen LogP contribution < -0.4 is 9.47 Å². The minimum absolute atomic E-state index is 0.390. The van der Waals surface area contributed by atoms with Crippen molar-refractivity contribution in [2.24, 2.45) is 0 Å². The van der Waals surface area contributed by atoms with Gasteiger partial charge in [-0.25, -0.2) is 4.39 Å². The minimum Gasteiger partial charge on any atom is -0.497 e. The molecule has 0 aliphatic carbocycles. The Labute approximate surface area is 140 Å². The summed E-state index contributed by atoms with van der Waals surface area (Å²) in [6.07, 6.45) is 0. The molecule has 0 aromatic heterocycles. The molecular formula is C15H12BrCl2FO2. The van der Waals surface area contributed by atoms with E-state index in [-0.39, 0.29) is 5.82 Å². The summed E-state index contributed by atoms with van der Waals surface area (Å²) in [6, 6.07) is 7.91. The van der Waals surface area contributed by atoms with Gasteiger partial charge < -0.3 is 9.47 Å². The van der Waals surface area contributed by atoms with E-state index < -0.39 is 4.83 Å². The van der Waals surface area contributed by atoms with Gasteiger partial charge in [0.05, 0.1) is 24.1 Å². The molecule has 1 unspecified atom stereocenters. The lowest BCUT2D eigenvalue weighted by molar-refractivity contribution is 0.411. The van der Waals surface area contributed by atoms with Crippen LogP contribution in [0.2, 0.25) is 10.0 Å². The summed E-state index contributed by atoms with van der Waals surface area (Å²) < 4.78 is 24.2. The van der Waals surface area contributed by atoms with E-state index in [4.69, 9.17) is 32.7 Å². The highest BCUT2D eigenvalue weighted by Crippen LogP contribution is 2.41. The molecule has 6 heteroatoms. The molecule has 2 aromatic carbocycles. The summed E-state index contributed by atoms with van der Waals surface area (Å²) in [5, 5.41) is 0.851. The van der Waals surface area contributed by atoms with Crippen LogP contribution in [0.5, 0.6) is 11.5 Å². The maximum absolute atomic E-state index is 14.1. The minimum atomic E-state index is -0.431. The van der Waals surface area contributed by atoms with Crippen LogP contribution in [0.15, 0.2) is 30.3 Å². The van der Waals surface area contributed by atoms with E-state index in [0.29, 0.717) is 32.7 Å². The first-order valence-corrected chi connectivity index (χ1v) is 7.65. The predicted octanol–water partition coefficient (Wildman–Crippen LogP) is 5.63. The van der Waals surface area contributed by atoms with Crippen molar-refractivity contribution in [3.05, 3.63) is 57.3 Å². The summed E-state index contributed by atoms with van der Waals surface area (Å²) in [5.41, 5.74) is 1.10. The summed E-state index contributed by atoms with van der Waals surface area (Å²) in [6.45, 7) is 0. The molecule has 1 atom stereocenters. The molecule has 0 bridgehead atoms. The lowest BCUT2D eigenvalue weighted by atomic mass is 10.0. The van der Waals surface area contributed by atoms with Gasteiger partial charge in [-0.15, -0.1) is 0 Å². The third-order valence-electron chi connectivity index (χ3n) is 3.02. The Morgan fingerprint density at radius 2 is 1.71 bits per heavy atom. The first-order chi connectivity index (χ1) is 9.97. The number of hydrogen-bond acceptors (Lipinski definition) is 2. The molecule has 21 heavy (non-hydrogen) atoms. The van der Waals surface area contributed by atoms with E-state index in [1.165, 1.54) is 20.3 Å². The Bertz CT molecular complexity index is 664. The van der Waals surface area contributed by atoms with Crippen molar-refractivity contribution >= 4 is 39.1 Å². The molecule has 112 valence electrons. The van der Waals surface area contributed by atoms with Crippen LogP contribution in [0, 0.1) is 5.82 Å². The lowest BCUT2D eigenvalue weighted by Gasteiger charge is -2.16. The van der Waals surface area contributed by atoms with Crippen LogP contribution in [0.4, 0.5) is 4.39 Å². The summed E-state index contributed by atoms with van der Waals surface area (Å²) in [4.78, 5) is -0.431. The van der Waals surface area contributed by atoms with Crippen molar-refractivity contribution in [2.75, 3.05) is 14.2 Å². The molecule has 0 heterocycles. The maximum Gasteiger partial charge on any atom is 0.138 e. The normalized spacial score (nSPS) is 12.1. The zero-order chi connectivity index (χ0) is 15.6. The van der Waals surface area contributed by atoms with Gasteiger partial charge in [0.1, 0.15) is 17.3 Å². The molecule has 0 spiro atoms. The van der Waals surface area contributed by atoms with Crippen molar-refractivity contribution < 1.29 is 13.9 Å². The smallest absolute Gasteiger partial charge is 0.138 e. The molecule has 0 aliphatic rings. The zero-order valence-electron chi connectivity index (χ0n) is 11.3. The Morgan fingerprint density at radius 1 is 1.00 bits per heavy atom. The summed E-state index contributed by atoms with van der Waals surface area (Å²) >= 11 is 15.8. The van der Waals surface area contributed by atoms with Crippen LogP contribution in [0.1, 0.15) is 16.0 Å². The Hall–Kier alpha value is -0.970.